The third-order valence-corrected chi connectivity index (χ3v) is 4.66. The molecule has 1 aliphatic heterocycles. The number of nitrogens with zero attached hydrogens (tertiary/aromatic N) is 2. The Hall–Kier alpha value is -2.87. The highest BCUT2D eigenvalue weighted by Crippen LogP contribution is 2.25. The van der Waals surface area contributed by atoms with Crippen LogP contribution < -0.4 is 15.8 Å². The highest BCUT2D eigenvalue weighted by Gasteiger charge is 2.12. The van der Waals surface area contributed by atoms with Crippen molar-refractivity contribution >= 4 is 36.1 Å². The van der Waals surface area contributed by atoms with Crippen LogP contribution in [0.3, 0.4) is 0 Å². The van der Waals surface area contributed by atoms with Crippen molar-refractivity contribution in [2.24, 2.45) is 15.7 Å². The van der Waals surface area contributed by atoms with Gasteiger partial charge in [-0.3, -0.25) is 0 Å². The van der Waals surface area contributed by atoms with E-state index in [1.165, 1.54) is 24.5 Å². The van der Waals surface area contributed by atoms with Gasteiger partial charge in [-0.2, -0.15) is 12.6 Å². The van der Waals surface area contributed by atoms with E-state index in [-0.39, 0.29) is 11.4 Å². The average molecular weight is 416 g/mol. The lowest BCUT2D eigenvalue weighted by atomic mass is 10.1. The summed E-state index contributed by atoms with van der Waals surface area (Å²) < 4.78 is 34.3. The standard InChI is InChI=1S/C21H22F2N4OS/c22-18-4-3-15-9-20(18)25-5-1-2-6-28-17-8-14(12-29)7-16(10-17)26-13-27-21(15)19(23)11-24/h3-4,7-11,13,25,29H,1-2,5-6,12,24H2. The van der Waals surface area contributed by atoms with Crippen molar-refractivity contribution in [3.8, 4) is 5.75 Å². The van der Waals surface area contributed by atoms with Gasteiger partial charge in [0.25, 0.3) is 0 Å². The third-order valence-electron chi connectivity index (χ3n) is 4.29. The van der Waals surface area contributed by atoms with Crippen LogP contribution in [0.2, 0.25) is 0 Å². The SMILES string of the molecule is NC=C(F)C1=NC=Nc2cc(CS)cc(c2)OCCCCNc2cc1ccc2F. The molecule has 0 unspecified atom stereocenters. The van der Waals surface area contributed by atoms with Gasteiger partial charge in [0.05, 0.1) is 18.0 Å². The van der Waals surface area contributed by atoms with Crippen LogP contribution in [0, 0.1) is 5.82 Å². The second-order valence-electron chi connectivity index (χ2n) is 6.41. The molecule has 0 aromatic heterocycles. The smallest absolute Gasteiger partial charge is 0.164 e. The van der Waals surface area contributed by atoms with Crippen LogP contribution >= 0.6 is 12.6 Å². The second kappa shape index (κ2) is 10.1. The van der Waals surface area contributed by atoms with Gasteiger partial charge in [-0.05, 0) is 48.7 Å². The van der Waals surface area contributed by atoms with E-state index in [0.29, 0.717) is 35.9 Å². The Bertz CT molecular complexity index is 960. The topological polar surface area (TPSA) is 72.0 Å². The number of thiol groups is 1. The summed E-state index contributed by atoms with van der Waals surface area (Å²) in [4.78, 5) is 8.42. The molecule has 152 valence electrons. The van der Waals surface area contributed by atoms with Crippen LogP contribution in [-0.4, -0.2) is 25.2 Å². The normalized spacial score (nSPS) is 15.3. The van der Waals surface area contributed by atoms with Crippen LogP contribution in [0.4, 0.5) is 20.2 Å². The number of hydrogen-bond acceptors (Lipinski definition) is 6. The molecule has 8 heteroatoms. The minimum Gasteiger partial charge on any atom is -0.494 e. The zero-order valence-electron chi connectivity index (χ0n) is 15.7. The maximum Gasteiger partial charge on any atom is 0.164 e. The van der Waals surface area contributed by atoms with E-state index < -0.39 is 11.6 Å². The summed E-state index contributed by atoms with van der Waals surface area (Å²) in [5, 5.41) is 3.03. The van der Waals surface area contributed by atoms with Gasteiger partial charge < -0.3 is 15.8 Å². The number of ether oxygens (including phenoxy) is 1. The zero-order chi connectivity index (χ0) is 20.6. The van der Waals surface area contributed by atoms with Crippen LogP contribution in [0.5, 0.6) is 5.75 Å². The number of aliphatic imine (C=N–C) groups is 2. The lowest BCUT2D eigenvalue weighted by Gasteiger charge is -2.12. The molecular formula is C21H22F2N4OS. The van der Waals surface area contributed by atoms with Gasteiger partial charge in [-0.25, -0.2) is 18.8 Å². The lowest BCUT2D eigenvalue weighted by Crippen LogP contribution is -2.09. The molecule has 0 amide bonds. The number of nitrogens with two attached hydrogens (primary N) is 1. The van der Waals surface area contributed by atoms with Crippen LogP contribution in [0.1, 0.15) is 24.0 Å². The van der Waals surface area contributed by atoms with Gasteiger partial charge in [0.2, 0.25) is 0 Å². The van der Waals surface area contributed by atoms with Gasteiger partial charge in [0.1, 0.15) is 23.6 Å². The highest BCUT2D eigenvalue weighted by molar-refractivity contribution is 7.79. The number of fused-ring (bicyclic) bond motifs is 4. The summed E-state index contributed by atoms with van der Waals surface area (Å²) in [6.07, 6.45) is 3.62. The Labute approximate surface area is 173 Å². The second-order valence-corrected chi connectivity index (χ2v) is 6.72. The number of benzene rings is 2. The van der Waals surface area contributed by atoms with Gasteiger partial charge >= 0.3 is 0 Å². The molecule has 1 aliphatic rings. The Morgan fingerprint density at radius 3 is 2.90 bits per heavy atom. The minimum atomic E-state index is -0.733. The van der Waals surface area contributed by atoms with Gasteiger partial charge in [-0.1, -0.05) is 0 Å². The average Bonchev–Trinajstić information content (AvgIpc) is 2.73. The maximum atomic E-state index is 14.3. The van der Waals surface area contributed by atoms with Crippen molar-refractivity contribution in [1.29, 1.82) is 0 Å². The van der Waals surface area contributed by atoms with E-state index in [9.17, 15) is 8.78 Å². The summed E-state index contributed by atoms with van der Waals surface area (Å²) >= 11 is 4.31. The molecular weight excluding hydrogens is 394 g/mol. The number of nitrogens with one attached hydrogen (secondary N) is 1. The largest absolute Gasteiger partial charge is 0.494 e. The van der Waals surface area contributed by atoms with E-state index in [4.69, 9.17) is 10.5 Å². The number of rotatable bonds is 2. The van der Waals surface area contributed by atoms with Crippen molar-refractivity contribution in [2.45, 2.75) is 18.6 Å². The summed E-state index contributed by atoms with van der Waals surface area (Å²) in [5.74, 6) is 0.0483. The lowest BCUT2D eigenvalue weighted by molar-refractivity contribution is 0.308. The molecule has 29 heavy (non-hydrogen) atoms. The van der Waals surface area contributed by atoms with E-state index in [2.05, 4.69) is 27.9 Å². The van der Waals surface area contributed by atoms with Crippen molar-refractivity contribution < 1.29 is 13.5 Å². The van der Waals surface area contributed by atoms with Crippen LogP contribution in [0.25, 0.3) is 0 Å². The number of allylic oxidation sites excluding steroid dienone is 1. The fourth-order valence-electron chi connectivity index (χ4n) is 2.85. The molecule has 0 aliphatic carbocycles. The molecule has 0 atom stereocenters. The number of hydrogen-bond donors (Lipinski definition) is 3. The molecule has 3 rings (SSSR count). The van der Waals surface area contributed by atoms with Crippen molar-refractivity contribution in [3.63, 3.8) is 0 Å². The number of anilines is 1. The summed E-state index contributed by atoms with van der Waals surface area (Å²) in [6.45, 7) is 1.08. The molecule has 0 saturated heterocycles. The Kier molecular flexibility index (Phi) is 7.24. The predicted octanol–water partition coefficient (Wildman–Crippen LogP) is 4.76. The first-order valence-corrected chi connectivity index (χ1v) is 9.83. The Balaban J connectivity index is 2.05. The summed E-state index contributed by atoms with van der Waals surface area (Å²) in [5.41, 5.74) is 7.53. The van der Waals surface area contributed by atoms with Crippen LogP contribution in [0.15, 0.2) is 58.4 Å². The number of halogens is 2. The minimum absolute atomic E-state index is 0.0341. The molecule has 2 aromatic carbocycles. The first-order chi connectivity index (χ1) is 14.1. The van der Waals surface area contributed by atoms with Gasteiger partial charge in [0, 0.05) is 30.1 Å². The molecule has 1 heterocycles. The van der Waals surface area contributed by atoms with E-state index >= 15 is 0 Å². The Morgan fingerprint density at radius 1 is 1.24 bits per heavy atom. The molecule has 5 nitrogen and oxygen atoms in total. The van der Waals surface area contributed by atoms with Crippen LogP contribution in [-0.2, 0) is 5.75 Å². The van der Waals surface area contributed by atoms with E-state index in [0.717, 1.165) is 24.6 Å². The van der Waals surface area contributed by atoms with Crippen molar-refractivity contribution in [2.75, 3.05) is 18.5 Å². The molecule has 3 N–H and O–H groups in total. The quantitative estimate of drug-likeness (QED) is 0.618. The summed E-state index contributed by atoms with van der Waals surface area (Å²) in [7, 11) is 0. The molecule has 2 aromatic rings. The zero-order valence-corrected chi connectivity index (χ0v) is 16.6. The molecule has 0 saturated carbocycles. The Morgan fingerprint density at radius 2 is 2.10 bits per heavy atom. The highest BCUT2D eigenvalue weighted by atomic mass is 32.1. The van der Waals surface area contributed by atoms with Gasteiger partial charge in [-0.15, -0.1) is 0 Å². The van der Waals surface area contributed by atoms with Crippen molar-refractivity contribution in [3.05, 3.63) is 65.4 Å². The molecule has 0 radical (unpaired) electrons. The maximum absolute atomic E-state index is 14.3. The predicted molar refractivity (Wildman–Crippen MR) is 117 cm³/mol. The van der Waals surface area contributed by atoms with Gasteiger partial charge in [0.15, 0.2) is 5.83 Å². The molecule has 4 bridgehead atoms. The first kappa shape index (κ1) is 20.9. The molecule has 0 fully saturated rings. The fourth-order valence-corrected chi connectivity index (χ4v) is 3.03. The van der Waals surface area contributed by atoms with E-state index in [1.807, 2.05) is 12.1 Å². The van der Waals surface area contributed by atoms with Crippen molar-refractivity contribution in [1.82, 2.24) is 0 Å². The monoisotopic (exact) mass is 416 g/mol. The fraction of sp³-hybridized carbons (Fsp3) is 0.238. The third kappa shape index (κ3) is 5.57. The van der Waals surface area contributed by atoms with E-state index in [1.54, 1.807) is 6.07 Å². The first-order valence-electron chi connectivity index (χ1n) is 9.20. The summed E-state index contributed by atoms with van der Waals surface area (Å²) in [6, 6.07) is 9.76. The molecule has 0 spiro atoms.